The molecule has 0 aliphatic carbocycles. The Balaban J connectivity index is 2.06. The molecule has 1 saturated heterocycles. The van der Waals surface area contributed by atoms with Gasteiger partial charge in [0.2, 0.25) is 0 Å². The second-order valence-electron chi connectivity index (χ2n) is 5.74. The lowest BCUT2D eigenvalue weighted by molar-refractivity contribution is 0.0444. The van der Waals surface area contributed by atoms with Crippen molar-refractivity contribution in [2.45, 2.75) is 38.3 Å². The van der Waals surface area contributed by atoms with Crippen LogP contribution in [0.1, 0.15) is 37.3 Å². The van der Waals surface area contributed by atoms with E-state index in [1.807, 2.05) is 25.1 Å². The van der Waals surface area contributed by atoms with E-state index in [0.717, 1.165) is 44.5 Å². The number of hydrogen-bond donors (Lipinski definition) is 2. The van der Waals surface area contributed by atoms with Gasteiger partial charge in [-0.25, -0.2) is 0 Å². The molecule has 1 unspecified atom stereocenters. The first kappa shape index (κ1) is 15.1. The number of aliphatic hydroxyl groups excluding tert-OH is 1. The molecule has 0 aromatic heterocycles. The molecular formula is C17H23NO2. The third-order valence-electron chi connectivity index (χ3n) is 3.87. The molecule has 1 fully saturated rings. The second kappa shape index (κ2) is 6.90. The van der Waals surface area contributed by atoms with Crippen molar-refractivity contribution in [3.63, 3.8) is 0 Å². The monoisotopic (exact) mass is 273 g/mol. The highest BCUT2D eigenvalue weighted by Gasteiger charge is 2.24. The predicted octanol–water partition coefficient (Wildman–Crippen LogP) is 1.77. The molecule has 3 heteroatoms. The Morgan fingerprint density at radius 1 is 1.25 bits per heavy atom. The van der Waals surface area contributed by atoms with E-state index in [4.69, 9.17) is 5.11 Å². The van der Waals surface area contributed by atoms with Gasteiger partial charge in [0, 0.05) is 18.7 Å². The summed E-state index contributed by atoms with van der Waals surface area (Å²) >= 11 is 0. The van der Waals surface area contributed by atoms with Crippen LogP contribution in [-0.4, -0.2) is 40.4 Å². The first-order valence-corrected chi connectivity index (χ1v) is 7.23. The van der Waals surface area contributed by atoms with Crippen LogP contribution in [0.2, 0.25) is 0 Å². The molecular weight excluding hydrogens is 250 g/mol. The van der Waals surface area contributed by atoms with E-state index < -0.39 is 5.60 Å². The summed E-state index contributed by atoms with van der Waals surface area (Å²) < 4.78 is 0. The van der Waals surface area contributed by atoms with Crippen LogP contribution in [0.25, 0.3) is 0 Å². The number of benzene rings is 1. The molecule has 20 heavy (non-hydrogen) atoms. The molecule has 1 heterocycles. The number of rotatable bonds is 2. The molecule has 2 N–H and O–H groups in total. The quantitative estimate of drug-likeness (QED) is 0.807. The molecule has 0 bridgehead atoms. The molecule has 1 aromatic carbocycles. The number of likely N-dealkylation sites (tertiary alicyclic amines) is 1. The maximum Gasteiger partial charge on any atom is 0.104 e. The lowest BCUT2D eigenvalue weighted by atomic mass is 9.98. The van der Waals surface area contributed by atoms with Crippen LogP contribution in [0.5, 0.6) is 0 Å². The maximum absolute atomic E-state index is 10.1. The van der Waals surface area contributed by atoms with E-state index in [1.54, 1.807) is 0 Å². The van der Waals surface area contributed by atoms with Crippen molar-refractivity contribution >= 4 is 0 Å². The zero-order valence-electron chi connectivity index (χ0n) is 12.1. The summed E-state index contributed by atoms with van der Waals surface area (Å²) in [7, 11) is 0. The first-order valence-electron chi connectivity index (χ1n) is 7.23. The maximum atomic E-state index is 10.1. The van der Waals surface area contributed by atoms with E-state index in [0.29, 0.717) is 0 Å². The molecule has 2 rings (SSSR count). The van der Waals surface area contributed by atoms with Gasteiger partial charge in [0.15, 0.2) is 0 Å². The summed E-state index contributed by atoms with van der Waals surface area (Å²) in [5.74, 6) is 5.72. The molecule has 0 spiro atoms. The van der Waals surface area contributed by atoms with Gasteiger partial charge >= 0.3 is 0 Å². The molecule has 1 aliphatic heterocycles. The van der Waals surface area contributed by atoms with Crippen LogP contribution in [0.15, 0.2) is 24.3 Å². The Kier molecular flexibility index (Phi) is 5.19. The van der Waals surface area contributed by atoms with Crippen LogP contribution in [-0.2, 0) is 6.54 Å². The minimum atomic E-state index is -0.523. The Labute approximate surface area is 121 Å². The lowest BCUT2D eigenvalue weighted by Crippen LogP contribution is -2.28. The van der Waals surface area contributed by atoms with Gasteiger partial charge in [-0.05, 0) is 44.4 Å². The van der Waals surface area contributed by atoms with E-state index in [2.05, 4.69) is 22.8 Å². The van der Waals surface area contributed by atoms with Crippen LogP contribution >= 0.6 is 0 Å². The van der Waals surface area contributed by atoms with Crippen molar-refractivity contribution in [2.75, 3.05) is 19.7 Å². The van der Waals surface area contributed by atoms with Gasteiger partial charge in [0.25, 0.3) is 0 Å². The minimum Gasteiger partial charge on any atom is -0.390 e. The topological polar surface area (TPSA) is 43.7 Å². The third-order valence-corrected chi connectivity index (χ3v) is 3.87. The fourth-order valence-electron chi connectivity index (χ4n) is 2.63. The highest BCUT2D eigenvalue weighted by atomic mass is 16.3. The number of aliphatic hydroxyl groups is 2. The van der Waals surface area contributed by atoms with Gasteiger partial charge in [-0.2, -0.15) is 0 Å². The minimum absolute atomic E-state index is 0.110. The first-order chi connectivity index (χ1) is 9.61. The van der Waals surface area contributed by atoms with Crippen molar-refractivity contribution < 1.29 is 10.2 Å². The average Bonchev–Trinajstić information content (AvgIpc) is 2.59. The smallest absolute Gasteiger partial charge is 0.104 e. The summed E-state index contributed by atoms with van der Waals surface area (Å²) in [6.07, 6.45) is 2.71. The van der Waals surface area contributed by atoms with E-state index >= 15 is 0 Å². The van der Waals surface area contributed by atoms with Crippen molar-refractivity contribution in [1.82, 2.24) is 4.90 Å². The van der Waals surface area contributed by atoms with Gasteiger partial charge in [0.05, 0.1) is 5.60 Å². The largest absolute Gasteiger partial charge is 0.390 e. The van der Waals surface area contributed by atoms with Crippen LogP contribution in [0.3, 0.4) is 0 Å². The average molecular weight is 273 g/mol. The Morgan fingerprint density at radius 3 is 2.85 bits per heavy atom. The SMILES string of the molecule is CC1(O)CCCN(Cc2ccccc2C#CCO)CC1. The fourth-order valence-corrected chi connectivity index (χ4v) is 2.63. The van der Waals surface area contributed by atoms with Crippen LogP contribution in [0, 0.1) is 11.8 Å². The Hall–Kier alpha value is -1.34. The van der Waals surface area contributed by atoms with E-state index in [9.17, 15) is 5.11 Å². The summed E-state index contributed by atoms with van der Waals surface area (Å²) in [4.78, 5) is 2.38. The molecule has 1 aliphatic rings. The molecule has 3 nitrogen and oxygen atoms in total. The normalized spacial score (nSPS) is 23.8. The Bertz CT molecular complexity index is 499. The molecule has 108 valence electrons. The molecule has 1 aromatic rings. The number of nitrogens with zero attached hydrogens (tertiary/aromatic N) is 1. The summed E-state index contributed by atoms with van der Waals surface area (Å²) in [5, 5.41) is 19.0. The van der Waals surface area contributed by atoms with Gasteiger partial charge in [-0.3, -0.25) is 4.90 Å². The summed E-state index contributed by atoms with van der Waals surface area (Å²) in [6.45, 7) is 4.59. The molecule has 0 radical (unpaired) electrons. The van der Waals surface area contributed by atoms with Crippen molar-refractivity contribution in [1.29, 1.82) is 0 Å². The van der Waals surface area contributed by atoms with Gasteiger partial charge in [-0.1, -0.05) is 30.0 Å². The van der Waals surface area contributed by atoms with Gasteiger partial charge < -0.3 is 10.2 Å². The lowest BCUT2D eigenvalue weighted by Gasteiger charge is -2.22. The van der Waals surface area contributed by atoms with Crippen molar-refractivity contribution in [3.8, 4) is 11.8 Å². The Morgan fingerprint density at radius 2 is 2.05 bits per heavy atom. The summed E-state index contributed by atoms with van der Waals surface area (Å²) in [6, 6.07) is 8.07. The summed E-state index contributed by atoms with van der Waals surface area (Å²) in [5.41, 5.74) is 1.65. The van der Waals surface area contributed by atoms with E-state index in [-0.39, 0.29) is 6.61 Å². The predicted molar refractivity (Wildman–Crippen MR) is 80.2 cm³/mol. The number of hydrogen-bond acceptors (Lipinski definition) is 3. The molecule has 0 saturated carbocycles. The standard InChI is InChI=1S/C17H23NO2/c1-17(20)9-5-11-18(12-10-17)14-16-7-3-2-6-15(16)8-4-13-19/h2-3,6-7,19-20H,5,9-14H2,1H3. The highest BCUT2D eigenvalue weighted by molar-refractivity contribution is 5.41. The van der Waals surface area contributed by atoms with Gasteiger partial charge in [-0.15, -0.1) is 0 Å². The van der Waals surface area contributed by atoms with Gasteiger partial charge in [0.1, 0.15) is 6.61 Å². The zero-order valence-corrected chi connectivity index (χ0v) is 12.1. The highest BCUT2D eigenvalue weighted by Crippen LogP contribution is 2.22. The van der Waals surface area contributed by atoms with Crippen LogP contribution in [0.4, 0.5) is 0 Å². The third kappa shape index (κ3) is 4.35. The molecule has 1 atom stereocenters. The second-order valence-corrected chi connectivity index (χ2v) is 5.74. The fraction of sp³-hybridized carbons (Fsp3) is 0.529. The van der Waals surface area contributed by atoms with Crippen molar-refractivity contribution in [2.24, 2.45) is 0 Å². The zero-order chi connectivity index (χ0) is 14.4. The van der Waals surface area contributed by atoms with Crippen LogP contribution < -0.4 is 0 Å². The van der Waals surface area contributed by atoms with Crippen molar-refractivity contribution in [3.05, 3.63) is 35.4 Å². The molecule has 0 amide bonds. The van der Waals surface area contributed by atoms with E-state index in [1.165, 1.54) is 5.56 Å².